The van der Waals surface area contributed by atoms with Gasteiger partial charge in [-0.1, -0.05) is 26.1 Å². The van der Waals surface area contributed by atoms with Crippen LogP contribution in [0.25, 0.3) is 0 Å². The number of amides is 1. The number of nitrogens with one attached hydrogen (secondary N) is 1. The van der Waals surface area contributed by atoms with E-state index in [4.69, 9.17) is 4.74 Å². The lowest BCUT2D eigenvalue weighted by atomic mass is 10.0. The van der Waals surface area contributed by atoms with Gasteiger partial charge in [0.2, 0.25) is 0 Å². The van der Waals surface area contributed by atoms with Gasteiger partial charge in [-0.05, 0) is 61.4 Å². The van der Waals surface area contributed by atoms with Gasteiger partial charge in [-0.25, -0.2) is 4.39 Å². The van der Waals surface area contributed by atoms with Crippen LogP contribution < -0.4 is 5.32 Å². The summed E-state index contributed by atoms with van der Waals surface area (Å²) in [5, 5.41) is 12.3. The quantitative estimate of drug-likeness (QED) is 0.693. The van der Waals surface area contributed by atoms with Crippen molar-refractivity contribution < 1.29 is 19.0 Å². The standard InChI is InChI=1S/C21H25FNO3P/c22-20-4-2-1-3-18(20)14-26-13-16-9-11-27(12-10-16)15-23-21(25)17-5-7-19(24)8-6-17/h1-8,16,24H,9-15H2,(H,23,25). The Labute approximate surface area is 160 Å². The number of ether oxygens (including phenoxy) is 1. The molecule has 4 nitrogen and oxygen atoms in total. The first-order chi connectivity index (χ1) is 13.1. The highest BCUT2D eigenvalue weighted by atomic mass is 31.1. The zero-order valence-electron chi connectivity index (χ0n) is 15.2. The van der Waals surface area contributed by atoms with E-state index in [1.165, 1.54) is 18.2 Å². The molecule has 0 aliphatic carbocycles. The van der Waals surface area contributed by atoms with Crippen LogP contribution in [0.15, 0.2) is 48.5 Å². The molecule has 1 saturated heterocycles. The summed E-state index contributed by atoms with van der Waals surface area (Å²) in [4.78, 5) is 12.1. The van der Waals surface area contributed by atoms with E-state index in [-0.39, 0.29) is 25.4 Å². The van der Waals surface area contributed by atoms with Crippen molar-refractivity contribution in [3.05, 3.63) is 65.5 Å². The third-order valence-electron chi connectivity index (χ3n) is 4.87. The number of carbonyl (C=O) groups excluding carboxylic acids is 1. The Morgan fingerprint density at radius 3 is 2.56 bits per heavy atom. The van der Waals surface area contributed by atoms with Crippen LogP contribution in [0, 0.1) is 11.7 Å². The molecule has 0 atom stereocenters. The molecule has 27 heavy (non-hydrogen) atoms. The first-order valence-electron chi connectivity index (χ1n) is 9.22. The van der Waals surface area contributed by atoms with Crippen molar-refractivity contribution in [3.63, 3.8) is 0 Å². The van der Waals surface area contributed by atoms with Crippen LogP contribution in [0.1, 0.15) is 28.8 Å². The minimum absolute atomic E-state index is 0.0900. The summed E-state index contributed by atoms with van der Waals surface area (Å²) in [6, 6.07) is 13.0. The number of carbonyl (C=O) groups is 1. The molecule has 0 radical (unpaired) electrons. The molecule has 2 aromatic carbocycles. The molecule has 0 aromatic heterocycles. The average molecular weight is 389 g/mol. The van der Waals surface area contributed by atoms with Crippen molar-refractivity contribution in [1.82, 2.24) is 5.32 Å². The third-order valence-corrected chi connectivity index (χ3v) is 7.26. The minimum atomic E-state index is -0.214. The van der Waals surface area contributed by atoms with Crippen molar-refractivity contribution in [1.29, 1.82) is 0 Å². The largest absolute Gasteiger partial charge is 0.508 e. The number of phenolic OH excluding ortho intramolecular Hbond substituents is 1. The molecule has 6 heteroatoms. The van der Waals surface area contributed by atoms with E-state index in [9.17, 15) is 14.3 Å². The van der Waals surface area contributed by atoms with Gasteiger partial charge < -0.3 is 15.2 Å². The smallest absolute Gasteiger partial charge is 0.251 e. The summed E-state index contributed by atoms with van der Waals surface area (Å²) >= 11 is 0. The van der Waals surface area contributed by atoms with Gasteiger partial charge in [0.15, 0.2) is 0 Å². The zero-order chi connectivity index (χ0) is 19.1. The number of rotatable bonds is 7. The topological polar surface area (TPSA) is 58.6 Å². The molecule has 2 N–H and O–H groups in total. The van der Waals surface area contributed by atoms with Crippen LogP contribution in [0.2, 0.25) is 0 Å². The lowest BCUT2D eigenvalue weighted by Crippen LogP contribution is -2.27. The van der Waals surface area contributed by atoms with Gasteiger partial charge in [0.05, 0.1) is 6.61 Å². The number of phenols is 1. The highest BCUT2D eigenvalue weighted by Crippen LogP contribution is 2.42. The van der Waals surface area contributed by atoms with E-state index in [1.807, 2.05) is 6.07 Å². The van der Waals surface area contributed by atoms with Gasteiger partial charge in [0.25, 0.3) is 5.91 Å². The Hall–Kier alpha value is -1.97. The number of benzene rings is 2. The van der Waals surface area contributed by atoms with Crippen LogP contribution in [-0.4, -0.2) is 36.2 Å². The van der Waals surface area contributed by atoms with Gasteiger partial charge in [-0.15, -0.1) is 0 Å². The van der Waals surface area contributed by atoms with E-state index in [0.29, 0.717) is 30.3 Å². The summed E-state index contributed by atoms with van der Waals surface area (Å²) in [6.45, 7) is 0.984. The van der Waals surface area contributed by atoms with E-state index < -0.39 is 0 Å². The lowest BCUT2D eigenvalue weighted by Gasteiger charge is -2.29. The van der Waals surface area contributed by atoms with Crippen LogP contribution in [0.4, 0.5) is 4.39 Å². The minimum Gasteiger partial charge on any atom is -0.508 e. The molecule has 1 aliphatic heterocycles. The maximum atomic E-state index is 13.6. The molecule has 0 bridgehead atoms. The fourth-order valence-electron chi connectivity index (χ4n) is 3.16. The van der Waals surface area contributed by atoms with Crippen molar-refractivity contribution >= 4 is 13.8 Å². The third kappa shape index (κ3) is 6.02. The number of halogens is 1. The van der Waals surface area contributed by atoms with Crippen molar-refractivity contribution in [2.24, 2.45) is 5.92 Å². The second-order valence-electron chi connectivity index (χ2n) is 6.88. The van der Waals surface area contributed by atoms with E-state index in [0.717, 1.165) is 31.5 Å². The molecule has 1 heterocycles. The molecule has 1 amide bonds. The zero-order valence-corrected chi connectivity index (χ0v) is 16.1. The monoisotopic (exact) mass is 389 g/mol. The number of hydrogen-bond acceptors (Lipinski definition) is 3. The normalized spacial score (nSPS) is 19.6. The van der Waals surface area contributed by atoms with Crippen LogP contribution in [-0.2, 0) is 11.3 Å². The molecule has 0 unspecified atom stereocenters. The average Bonchev–Trinajstić information content (AvgIpc) is 2.69. The second kappa shape index (κ2) is 9.82. The Bertz CT molecular complexity index is 745. The van der Waals surface area contributed by atoms with Crippen molar-refractivity contribution in [3.8, 4) is 5.75 Å². The molecule has 1 aliphatic rings. The molecule has 144 valence electrons. The van der Waals surface area contributed by atoms with E-state index in [2.05, 4.69) is 5.32 Å². The van der Waals surface area contributed by atoms with Gasteiger partial charge in [0, 0.05) is 24.0 Å². The highest BCUT2D eigenvalue weighted by Gasteiger charge is 2.21. The predicted octanol–water partition coefficient (Wildman–Crippen LogP) is 4.33. The fraction of sp³-hybridized carbons (Fsp3) is 0.381. The fourth-order valence-corrected chi connectivity index (χ4v) is 5.53. The van der Waals surface area contributed by atoms with E-state index >= 15 is 0 Å². The highest BCUT2D eigenvalue weighted by molar-refractivity contribution is 7.57. The van der Waals surface area contributed by atoms with Gasteiger partial charge in [-0.3, -0.25) is 4.79 Å². The molecule has 2 aromatic rings. The van der Waals surface area contributed by atoms with Crippen molar-refractivity contribution in [2.45, 2.75) is 19.4 Å². The summed E-state index contributed by atoms with van der Waals surface area (Å²) in [5.74, 6) is 0.372. The Morgan fingerprint density at radius 1 is 1.15 bits per heavy atom. The van der Waals surface area contributed by atoms with E-state index in [1.54, 1.807) is 24.3 Å². The number of aromatic hydroxyl groups is 1. The van der Waals surface area contributed by atoms with Gasteiger partial charge >= 0.3 is 0 Å². The Morgan fingerprint density at radius 2 is 1.85 bits per heavy atom. The molecule has 0 saturated carbocycles. The maximum Gasteiger partial charge on any atom is 0.251 e. The summed E-state index contributed by atoms with van der Waals surface area (Å²) < 4.78 is 19.3. The molecular weight excluding hydrogens is 364 g/mol. The van der Waals surface area contributed by atoms with Crippen molar-refractivity contribution in [2.75, 3.05) is 25.2 Å². The summed E-state index contributed by atoms with van der Waals surface area (Å²) in [6.07, 6.45) is 5.17. The lowest BCUT2D eigenvalue weighted by molar-refractivity contribution is 0.0820. The first kappa shape index (κ1) is 19.8. The summed E-state index contributed by atoms with van der Waals surface area (Å²) in [7, 11) is -0.188. The SMILES string of the molecule is O=C(NCP1CCC(COCc2ccccc2F)CC1)c1ccc(O)cc1. The molecule has 3 rings (SSSR count). The number of hydrogen-bond donors (Lipinski definition) is 2. The van der Waals surface area contributed by atoms with Gasteiger partial charge in [0.1, 0.15) is 11.6 Å². The first-order valence-corrected chi connectivity index (χ1v) is 11.1. The van der Waals surface area contributed by atoms with Crippen LogP contribution in [0.5, 0.6) is 5.75 Å². The maximum absolute atomic E-state index is 13.6. The van der Waals surface area contributed by atoms with Gasteiger partial charge in [-0.2, -0.15) is 0 Å². The van der Waals surface area contributed by atoms with Crippen LogP contribution >= 0.6 is 7.92 Å². The Balaban J connectivity index is 1.33. The second-order valence-corrected chi connectivity index (χ2v) is 9.43. The Kier molecular flexibility index (Phi) is 7.19. The predicted molar refractivity (Wildman–Crippen MR) is 106 cm³/mol. The molecule has 1 fully saturated rings. The molecule has 0 spiro atoms. The van der Waals surface area contributed by atoms with Crippen LogP contribution in [0.3, 0.4) is 0 Å². The summed E-state index contributed by atoms with van der Waals surface area (Å²) in [5.41, 5.74) is 1.17. The molecular formula is C21H25FNO3P.